The summed E-state index contributed by atoms with van der Waals surface area (Å²) in [6, 6.07) is 0. The summed E-state index contributed by atoms with van der Waals surface area (Å²) in [7, 11) is 0. The fraction of sp³-hybridized carbons (Fsp3) is 0.583. The molecule has 4 rings (SSSR count). The van der Waals surface area contributed by atoms with E-state index in [1.165, 1.54) is 6.33 Å². The zero-order valence-electron chi connectivity index (χ0n) is 10.6. The van der Waals surface area contributed by atoms with Crippen molar-refractivity contribution in [1.82, 2.24) is 19.5 Å². The Kier molecular flexibility index (Phi) is 2.20. The molecular weight excluding hydrogens is 262 g/mol. The minimum absolute atomic E-state index is 0.0195. The summed E-state index contributed by atoms with van der Waals surface area (Å²) in [5.41, 5.74) is 6.16. The quantitative estimate of drug-likeness (QED) is 0.523. The van der Waals surface area contributed by atoms with Gasteiger partial charge >= 0.3 is 0 Å². The van der Waals surface area contributed by atoms with Gasteiger partial charge in [0.05, 0.1) is 18.0 Å². The third-order valence-electron chi connectivity index (χ3n) is 4.84. The molecular formula is C12H15N5O3. The highest BCUT2D eigenvalue weighted by Gasteiger charge is 2.72. The standard InChI is InChI=1S/C12H15N5O3/c13-10-7-11(15-3-14-10)17(4-16-7)12-1-6(12)5(2-18)8(19)9(12)20/h3-6,8-9,18-20H,1-2H2,(H2,13,14,15)/t5-,6-,8+,9+,12+/m1/s1. The van der Waals surface area contributed by atoms with Gasteiger partial charge in [0.15, 0.2) is 11.5 Å². The van der Waals surface area contributed by atoms with E-state index < -0.39 is 17.7 Å². The molecule has 0 saturated heterocycles. The Morgan fingerprint density at radius 3 is 2.85 bits per heavy atom. The molecule has 5 N–H and O–H groups in total. The second kappa shape index (κ2) is 3.66. The van der Waals surface area contributed by atoms with Gasteiger partial charge in [0.1, 0.15) is 17.9 Å². The maximum atomic E-state index is 10.4. The lowest BCUT2D eigenvalue weighted by Gasteiger charge is -2.23. The van der Waals surface area contributed by atoms with Crippen LogP contribution in [0, 0.1) is 11.8 Å². The first-order valence-corrected chi connectivity index (χ1v) is 6.52. The van der Waals surface area contributed by atoms with Gasteiger partial charge in [0.2, 0.25) is 0 Å². The monoisotopic (exact) mass is 277 g/mol. The van der Waals surface area contributed by atoms with Crippen molar-refractivity contribution in [3.63, 3.8) is 0 Å². The molecule has 0 radical (unpaired) electrons. The lowest BCUT2D eigenvalue weighted by Crippen LogP contribution is -2.38. The lowest BCUT2D eigenvalue weighted by atomic mass is 10.0. The second-order valence-corrected chi connectivity index (χ2v) is 5.63. The second-order valence-electron chi connectivity index (χ2n) is 5.63. The fourth-order valence-electron chi connectivity index (χ4n) is 3.74. The molecule has 106 valence electrons. The number of aliphatic hydroxyl groups is 3. The summed E-state index contributed by atoms with van der Waals surface area (Å²) in [5, 5.41) is 29.8. The van der Waals surface area contributed by atoms with E-state index >= 15 is 0 Å². The maximum Gasteiger partial charge on any atom is 0.166 e. The highest BCUT2D eigenvalue weighted by atomic mass is 16.3. The van der Waals surface area contributed by atoms with Crippen molar-refractivity contribution in [3.05, 3.63) is 12.7 Å². The van der Waals surface area contributed by atoms with Gasteiger partial charge < -0.3 is 25.6 Å². The predicted molar refractivity (Wildman–Crippen MR) is 68.4 cm³/mol. The summed E-state index contributed by atoms with van der Waals surface area (Å²) in [6.45, 7) is -0.144. The van der Waals surface area contributed by atoms with E-state index in [1.54, 1.807) is 10.9 Å². The zero-order chi connectivity index (χ0) is 14.1. The van der Waals surface area contributed by atoms with Crippen LogP contribution in [0.5, 0.6) is 0 Å². The molecule has 5 atom stereocenters. The first kappa shape index (κ1) is 12.0. The van der Waals surface area contributed by atoms with Crippen LogP contribution in [0.3, 0.4) is 0 Å². The topological polar surface area (TPSA) is 130 Å². The van der Waals surface area contributed by atoms with Crippen LogP contribution in [-0.4, -0.2) is 53.7 Å². The van der Waals surface area contributed by atoms with Crippen LogP contribution in [-0.2, 0) is 5.54 Å². The van der Waals surface area contributed by atoms with Crippen molar-refractivity contribution in [1.29, 1.82) is 0 Å². The van der Waals surface area contributed by atoms with Gasteiger partial charge in [-0.15, -0.1) is 0 Å². The summed E-state index contributed by atoms with van der Waals surface area (Å²) >= 11 is 0. The van der Waals surface area contributed by atoms with Crippen LogP contribution < -0.4 is 5.73 Å². The fourth-order valence-corrected chi connectivity index (χ4v) is 3.74. The zero-order valence-corrected chi connectivity index (χ0v) is 10.6. The van der Waals surface area contributed by atoms with Crippen molar-refractivity contribution in [2.24, 2.45) is 11.8 Å². The predicted octanol–water partition coefficient (Wildman–Crippen LogP) is -1.53. The van der Waals surface area contributed by atoms with E-state index in [0.29, 0.717) is 17.6 Å². The molecule has 0 spiro atoms. The number of rotatable bonds is 2. The number of fused-ring (bicyclic) bond motifs is 2. The van der Waals surface area contributed by atoms with Gasteiger partial charge in [-0.1, -0.05) is 0 Å². The minimum Gasteiger partial charge on any atom is -0.396 e. The Hall–Kier alpha value is -1.77. The van der Waals surface area contributed by atoms with E-state index in [4.69, 9.17) is 5.73 Å². The van der Waals surface area contributed by atoms with Gasteiger partial charge in [-0.05, 0) is 12.3 Å². The average Bonchev–Trinajstić information content (AvgIpc) is 2.93. The number of hydrogen-bond acceptors (Lipinski definition) is 7. The minimum atomic E-state index is -0.946. The smallest absolute Gasteiger partial charge is 0.166 e. The molecule has 2 fully saturated rings. The summed E-state index contributed by atoms with van der Waals surface area (Å²) in [4.78, 5) is 12.3. The van der Waals surface area contributed by atoms with Crippen LogP contribution >= 0.6 is 0 Å². The van der Waals surface area contributed by atoms with E-state index in [2.05, 4.69) is 15.0 Å². The summed E-state index contributed by atoms with van der Waals surface area (Å²) in [6.07, 6.45) is 1.73. The van der Waals surface area contributed by atoms with Gasteiger partial charge in [-0.3, -0.25) is 0 Å². The Morgan fingerprint density at radius 1 is 1.35 bits per heavy atom. The first-order valence-electron chi connectivity index (χ1n) is 6.52. The van der Waals surface area contributed by atoms with Crippen molar-refractivity contribution in [2.45, 2.75) is 24.2 Å². The Balaban J connectivity index is 1.87. The molecule has 0 aliphatic heterocycles. The van der Waals surface area contributed by atoms with Crippen LogP contribution in [0.25, 0.3) is 11.2 Å². The van der Waals surface area contributed by atoms with E-state index in [-0.39, 0.29) is 24.3 Å². The first-order chi connectivity index (χ1) is 9.61. The van der Waals surface area contributed by atoms with Gasteiger partial charge in [-0.2, -0.15) is 0 Å². The largest absolute Gasteiger partial charge is 0.396 e. The molecule has 0 bridgehead atoms. The van der Waals surface area contributed by atoms with Crippen molar-refractivity contribution in [3.8, 4) is 0 Å². The third-order valence-corrected chi connectivity index (χ3v) is 4.84. The number of aromatic nitrogens is 4. The van der Waals surface area contributed by atoms with Crippen LogP contribution in [0.1, 0.15) is 6.42 Å². The summed E-state index contributed by atoms with van der Waals surface area (Å²) < 4.78 is 1.77. The number of anilines is 1. The van der Waals surface area contributed by atoms with Gasteiger partial charge in [0, 0.05) is 12.5 Å². The Morgan fingerprint density at radius 2 is 2.15 bits per heavy atom. The molecule has 8 heteroatoms. The van der Waals surface area contributed by atoms with Crippen molar-refractivity contribution in [2.75, 3.05) is 12.3 Å². The molecule has 2 aliphatic rings. The molecule has 0 unspecified atom stereocenters. The number of nitrogen functional groups attached to an aromatic ring is 1. The molecule has 0 amide bonds. The normalized spacial score (nSPS) is 39.1. The van der Waals surface area contributed by atoms with Crippen LogP contribution in [0.4, 0.5) is 5.82 Å². The number of nitrogens with two attached hydrogens (primary N) is 1. The molecule has 2 aliphatic carbocycles. The lowest BCUT2D eigenvalue weighted by molar-refractivity contribution is -0.0272. The Bertz CT molecular complexity index is 689. The maximum absolute atomic E-state index is 10.4. The number of aliphatic hydroxyl groups excluding tert-OH is 3. The van der Waals surface area contributed by atoms with E-state index in [9.17, 15) is 15.3 Å². The van der Waals surface area contributed by atoms with Gasteiger partial charge in [0.25, 0.3) is 0 Å². The molecule has 2 aromatic heterocycles. The molecule has 2 saturated carbocycles. The van der Waals surface area contributed by atoms with Crippen molar-refractivity contribution >= 4 is 17.0 Å². The highest BCUT2D eigenvalue weighted by molar-refractivity contribution is 5.81. The molecule has 20 heavy (non-hydrogen) atoms. The van der Waals surface area contributed by atoms with E-state index in [0.717, 1.165) is 0 Å². The Labute approximate surface area is 113 Å². The SMILES string of the molecule is Nc1ncnc2c1ncn2[C@@]12C[C@@H]1[C@@H](CO)[C@H](O)[C@@H]2O. The molecule has 0 aromatic carbocycles. The van der Waals surface area contributed by atoms with E-state index in [1.807, 2.05) is 0 Å². The number of nitrogens with zero attached hydrogens (tertiary/aromatic N) is 4. The molecule has 2 aromatic rings. The summed E-state index contributed by atoms with van der Waals surface area (Å²) in [5.74, 6) is -0.0122. The molecule has 8 nitrogen and oxygen atoms in total. The molecule has 2 heterocycles. The van der Waals surface area contributed by atoms with Gasteiger partial charge in [-0.25, -0.2) is 15.0 Å². The van der Waals surface area contributed by atoms with Crippen LogP contribution in [0.15, 0.2) is 12.7 Å². The van der Waals surface area contributed by atoms with Crippen molar-refractivity contribution < 1.29 is 15.3 Å². The number of hydrogen-bond donors (Lipinski definition) is 4. The number of imidazole rings is 1. The average molecular weight is 277 g/mol. The highest BCUT2D eigenvalue weighted by Crippen LogP contribution is 2.64. The van der Waals surface area contributed by atoms with Crippen LogP contribution in [0.2, 0.25) is 0 Å². The third kappa shape index (κ3) is 1.19.